The van der Waals surface area contributed by atoms with Gasteiger partial charge in [-0.3, -0.25) is 4.79 Å². The average molecular weight is 348 g/mol. The Morgan fingerprint density at radius 2 is 2.25 bits per heavy atom. The van der Waals surface area contributed by atoms with Crippen LogP contribution in [0.1, 0.15) is 17.9 Å². The summed E-state index contributed by atoms with van der Waals surface area (Å²) in [6, 6.07) is 3.44. The van der Waals surface area contributed by atoms with Crippen molar-refractivity contribution in [2.45, 2.75) is 25.4 Å². The number of thioether (sulfide) groups is 1. The van der Waals surface area contributed by atoms with Gasteiger partial charge in [0.25, 0.3) is 0 Å². The van der Waals surface area contributed by atoms with E-state index in [0.29, 0.717) is 34.1 Å². The fraction of sp³-hybridized carbons (Fsp3) is 0.286. The molecule has 0 unspecified atom stereocenters. The number of carbonyl (C=O) groups is 1. The van der Waals surface area contributed by atoms with Crippen molar-refractivity contribution in [2.75, 3.05) is 16.9 Å². The minimum atomic E-state index is -0.162. The Bertz CT molecular complexity index is 852. The molecule has 0 radical (unpaired) electrons. The highest BCUT2D eigenvalue weighted by atomic mass is 32.2. The number of nitrogens with two attached hydrogens (primary N) is 1. The van der Waals surface area contributed by atoms with E-state index in [2.05, 4.69) is 20.7 Å². The van der Waals surface area contributed by atoms with E-state index in [1.54, 1.807) is 25.3 Å². The van der Waals surface area contributed by atoms with Crippen LogP contribution in [-0.2, 0) is 4.79 Å². The van der Waals surface area contributed by atoms with Crippen molar-refractivity contribution >= 4 is 23.5 Å². The van der Waals surface area contributed by atoms with Crippen LogP contribution >= 0.6 is 11.8 Å². The van der Waals surface area contributed by atoms with Crippen LogP contribution in [0.15, 0.2) is 32.5 Å². The van der Waals surface area contributed by atoms with E-state index in [1.165, 1.54) is 16.4 Å². The molecule has 3 heterocycles. The predicted molar refractivity (Wildman–Crippen MR) is 87.8 cm³/mol. The summed E-state index contributed by atoms with van der Waals surface area (Å²) in [6.07, 6.45) is 1.85. The number of nitrogens with one attached hydrogen (secondary N) is 1. The van der Waals surface area contributed by atoms with Gasteiger partial charge in [0.2, 0.25) is 11.1 Å². The van der Waals surface area contributed by atoms with Crippen molar-refractivity contribution in [2.24, 2.45) is 0 Å². The number of nitrogens with zero attached hydrogens (tertiary/aromatic N) is 4. The monoisotopic (exact) mass is 348 g/mol. The first kappa shape index (κ1) is 16.1. The first-order valence-electron chi connectivity index (χ1n) is 7.15. The Balaban J connectivity index is 1.55. The zero-order valence-corrected chi connectivity index (χ0v) is 14.0. The molecule has 0 spiro atoms. The van der Waals surface area contributed by atoms with Gasteiger partial charge in [-0.15, -0.1) is 10.2 Å². The standard InChI is InChI=1S/C14H16N6O3S/c1-8-7-11(19-23-8)16-12(21)4-6-24-14-18-17-13(20(14)15)10-3-5-22-9(10)2/h3,5,7H,4,6,15H2,1-2H3,(H,16,19,21). The number of carbonyl (C=O) groups excluding carboxylic acids is 1. The lowest BCUT2D eigenvalue weighted by Gasteiger charge is -2.03. The summed E-state index contributed by atoms with van der Waals surface area (Å²) >= 11 is 1.34. The maximum atomic E-state index is 11.8. The quantitative estimate of drug-likeness (QED) is 0.511. The third-order valence-corrected chi connectivity index (χ3v) is 4.16. The molecule has 0 aliphatic heterocycles. The molecule has 0 fully saturated rings. The summed E-state index contributed by atoms with van der Waals surface area (Å²) in [5, 5.41) is 15.0. The SMILES string of the molecule is Cc1cc(NC(=O)CCSc2nnc(-c3ccoc3C)n2N)no1. The van der Waals surface area contributed by atoms with E-state index in [-0.39, 0.29) is 12.3 Å². The molecule has 24 heavy (non-hydrogen) atoms. The number of aromatic nitrogens is 4. The Kier molecular flexibility index (Phi) is 4.56. The zero-order chi connectivity index (χ0) is 17.1. The summed E-state index contributed by atoms with van der Waals surface area (Å²) in [5.74, 6) is 8.63. The van der Waals surface area contributed by atoms with Gasteiger partial charge < -0.3 is 20.1 Å². The zero-order valence-electron chi connectivity index (χ0n) is 13.1. The van der Waals surface area contributed by atoms with Gasteiger partial charge in [-0.25, -0.2) is 4.68 Å². The molecule has 0 aromatic carbocycles. The van der Waals surface area contributed by atoms with Crippen LogP contribution in [0.4, 0.5) is 5.82 Å². The molecule has 0 bridgehead atoms. The number of amides is 1. The molecule has 3 aromatic rings. The van der Waals surface area contributed by atoms with Gasteiger partial charge in [0.05, 0.1) is 11.8 Å². The molecule has 3 aromatic heterocycles. The van der Waals surface area contributed by atoms with E-state index in [0.717, 1.165) is 5.56 Å². The summed E-state index contributed by atoms with van der Waals surface area (Å²) in [4.78, 5) is 11.8. The van der Waals surface area contributed by atoms with Gasteiger partial charge in [-0.1, -0.05) is 16.9 Å². The predicted octanol–water partition coefficient (Wildman–Crippen LogP) is 1.98. The van der Waals surface area contributed by atoms with Crippen LogP contribution in [0.2, 0.25) is 0 Å². The van der Waals surface area contributed by atoms with Gasteiger partial charge >= 0.3 is 0 Å². The summed E-state index contributed by atoms with van der Waals surface area (Å²) in [5.41, 5.74) is 0.788. The van der Waals surface area contributed by atoms with E-state index < -0.39 is 0 Å². The normalized spacial score (nSPS) is 10.9. The lowest BCUT2D eigenvalue weighted by Crippen LogP contribution is -2.14. The van der Waals surface area contributed by atoms with Crippen molar-refractivity contribution in [1.29, 1.82) is 0 Å². The lowest BCUT2D eigenvalue weighted by atomic mass is 10.2. The second-order valence-corrected chi connectivity index (χ2v) is 6.10. The molecule has 1 amide bonds. The molecule has 0 aliphatic carbocycles. The van der Waals surface area contributed by atoms with Gasteiger partial charge in [0.1, 0.15) is 11.5 Å². The van der Waals surface area contributed by atoms with Crippen LogP contribution < -0.4 is 11.2 Å². The third kappa shape index (κ3) is 3.43. The summed E-state index contributed by atoms with van der Waals surface area (Å²) < 4.78 is 11.5. The smallest absolute Gasteiger partial charge is 0.226 e. The highest BCUT2D eigenvalue weighted by molar-refractivity contribution is 7.99. The molecule has 0 atom stereocenters. The Labute approximate surface area is 141 Å². The molecular weight excluding hydrogens is 332 g/mol. The molecule has 10 heteroatoms. The molecule has 0 saturated heterocycles. The van der Waals surface area contributed by atoms with E-state index in [4.69, 9.17) is 14.8 Å². The number of furan rings is 1. The molecule has 3 rings (SSSR count). The second kappa shape index (κ2) is 6.79. The van der Waals surface area contributed by atoms with E-state index in [1.807, 2.05) is 6.92 Å². The van der Waals surface area contributed by atoms with Gasteiger partial charge in [-0.2, -0.15) is 0 Å². The van der Waals surface area contributed by atoms with Crippen LogP contribution in [-0.4, -0.2) is 31.7 Å². The van der Waals surface area contributed by atoms with Crippen molar-refractivity contribution in [3.63, 3.8) is 0 Å². The van der Waals surface area contributed by atoms with Gasteiger partial charge in [-0.05, 0) is 19.9 Å². The maximum Gasteiger partial charge on any atom is 0.226 e. The molecule has 9 nitrogen and oxygen atoms in total. The first-order chi connectivity index (χ1) is 11.5. The first-order valence-corrected chi connectivity index (χ1v) is 8.14. The van der Waals surface area contributed by atoms with E-state index >= 15 is 0 Å². The minimum Gasteiger partial charge on any atom is -0.469 e. The molecular formula is C14H16N6O3S. The lowest BCUT2D eigenvalue weighted by molar-refractivity contribution is -0.115. The largest absolute Gasteiger partial charge is 0.469 e. The van der Waals surface area contributed by atoms with Crippen LogP contribution in [0.5, 0.6) is 0 Å². The summed E-state index contributed by atoms with van der Waals surface area (Å²) in [6.45, 7) is 3.58. The van der Waals surface area contributed by atoms with Crippen molar-refractivity contribution in [1.82, 2.24) is 20.0 Å². The third-order valence-electron chi connectivity index (χ3n) is 3.22. The number of hydrogen-bond donors (Lipinski definition) is 2. The molecule has 126 valence electrons. The Morgan fingerprint density at radius 1 is 1.42 bits per heavy atom. The molecule has 0 saturated carbocycles. The van der Waals surface area contributed by atoms with Crippen LogP contribution in [0, 0.1) is 13.8 Å². The fourth-order valence-corrected chi connectivity index (χ4v) is 2.84. The highest BCUT2D eigenvalue weighted by Crippen LogP contribution is 2.25. The Morgan fingerprint density at radius 3 is 2.92 bits per heavy atom. The van der Waals surface area contributed by atoms with Gasteiger partial charge in [0.15, 0.2) is 11.6 Å². The van der Waals surface area contributed by atoms with Crippen molar-refractivity contribution in [3.8, 4) is 11.4 Å². The fourth-order valence-electron chi connectivity index (χ4n) is 2.04. The van der Waals surface area contributed by atoms with Crippen LogP contribution in [0.3, 0.4) is 0 Å². The number of anilines is 1. The topological polar surface area (TPSA) is 125 Å². The maximum absolute atomic E-state index is 11.8. The second-order valence-electron chi connectivity index (χ2n) is 5.04. The van der Waals surface area contributed by atoms with Crippen molar-refractivity contribution < 1.29 is 13.7 Å². The average Bonchev–Trinajstić information content (AvgIpc) is 3.22. The Hall–Kier alpha value is -2.75. The molecule has 0 aliphatic rings. The van der Waals surface area contributed by atoms with E-state index in [9.17, 15) is 4.79 Å². The van der Waals surface area contributed by atoms with Gasteiger partial charge in [0, 0.05) is 18.2 Å². The number of rotatable bonds is 6. The summed E-state index contributed by atoms with van der Waals surface area (Å²) in [7, 11) is 0. The highest BCUT2D eigenvalue weighted by Gasteiger charge is 2.16. The van der Waals surface area contributed by atoms with Crippen molar-refractivity contribution in [3.05, 3.63) is 29.9 Å². The van der Waals surface area contributed by atoms with Crippen LogP contribution in [0.25, 0.3) is 11.4 Å². The minimum absolute atomic E-state index is 0.162. The number of nitrogen functional groups attached to an aromatic ring is 1. The molecule has 3 N–H and O–H groups in total. The number of hydrogen-bond acceptors (Lipinski definition) is 8. The number of aryl methyl sites for hydroxylation is 2.